The van der Waals surface area contributed by atoms with E-state index >= 15 is 0 Å². The molecule has 0 radical (unpaired) electrons. The summed E-state index contributed by atoms with van der Waals surface area (Å²) in [6.07, 6.45) is 1.05. The van der Waals surface area contributed by atoms with Crippen LogP contribution in [0.25, 0.3) is 0 Å². The van der Waals surface area contributed by atoms with Gasteiger partial charge in [-0.15, -0.1) is 0 Å². The summed E-state index contributed by atoms with van der Waals surface area (Å²) < 4.78 is 27.0. The predicted octanol–water partition coefficient (Wildman–Crippen LogP) is 2.43. The molecule has 4 rings (SSSR count). The minimum absolute atomic E-state index is 0.331. The Morgan fingerprint density at radius 2 is 1.75 bits per heavy atom. The Balaban J connectivity index is 1.44. The third-order valence-corrected chi connectivity index (χ3v) is 6.96. The highest BCUT2D eigenvalue weighted by Crippen LogP contribution is 2.28. The Hall–Kier alpha value is -1.69. The minimum Gasteiger partial charge on any atom is -0.293 e. The summed E-state index contributed by atoms with van der Waals surface area (Å²) in [6.45, 7) is 5.05. The summed E-state index contributed by atoms with van der Waals surface area (Å²) in [5.74, 6) is 0. The van der Waals surface area contributed by atoms with Gasteiger partial charge in [0.15, 0.2) is 0 Å². The van der Waals surface area contributed by atoms with E-state index < -0.39 is 10.0 Å². The smallest absolute Gasteiger partial charge is 0.243 e. The molecule has 5 heteroatoms. The molecule has 2 heterocycles. The number of nitrogens with zero attached hydrogens (tertiary/aromatic N) is 2. The van der Waals surface area contributed by atoms with Crippen LogP contribution < -0.4 is 0 Å². The lowest BCUT2D eigenvalue weighted by Crippen LogP contribution is -2.61. The number of fused-ring (bicyclic) bond motifs is 1. The van der Waals surface area contributed by atoms with Gasteiger partial charge < -0.3 is 0 Å². The van der Waals surface area contributed by atoms with Crippen molar-refractivity contribution in [1.29, 1.82) is 0 Å². The molecule has 0 amide bonds. The van der Waals surface area contributed by atoms with Crippen LogP contribution in [0.5, 0.6) is 0 Å². The largest absolute Gasteiger partial charge is 0.293 e. The average Bonchev–Trinajstić information content (AvgIpc) is 2.53. The van der Waals surface area contributed by atoms with Crippen LogP contribution in [0, 0.1) is 6.92 Å². The number of aryl methyl sites for hydroxylation is 1. The average molecular weight is 342 g/mol. The van der Waals surface area contributed by atoms with Crippen LogP contribution in [0.15, 0.2) is 53.4 Å². The number of rotatable bonds is 3. The molecule has 2 aromatic rings. The van der Waals surface area contributed by atoms with Crippen LogP contribution >= 0.6 is 0 Å². The normalized spacial score (nSPS) is 19.7. The van der Waals surface area contributed by atoms with Crippen molar-refractivity contribution in [2.75, 3.05) is 19.6 Å². The zero-order valence-corrected chi connectivity index (χ0v) is 14.7. The van der Waals surface area contributed by atoms with Crippen molar-refractivity contribution < 1.29 is 8.42 Å². The van der Waals surface area contributed by atoms with Crippen molar-refractivity contribution in [3.8, 4) is 0 Å². The summed E-state index contributed by atoms with van der Waals surface area (Å²) in [5, 5.41) is 0. The molecule has 0 bridgehead atoms. The lowest BCUT2D eigenvalue weighted by Gasteiger charge is -2.46. The van der Waals surface area contributed by atoms with Gasteiger partial charge in [0.05, 0.1) is 4.90 Å². The van der Waals surface area contributed by atoms with Crippen LogP contribution in [0.4, 0.5) is 0 Å². The maximum atomic E-state index is 12.7. The quantitative estimate of drug-likeness (QED) is 0.860. The second kappa shape index (κ2) is 5.99. The lowest BCUT2D eigenvalue weighted by molar-refractivity contribution is 0.0769. The van der Waals surface area contributed by atoms with Crippen LogP contribution in [-0.2, 0) is 23.0 Å². The topological polar surface area (TPSA) is 40.6 Å². The highest BCUT2D eigenvalue weighted by atomic mass is 32.2. The van der Waals surface area contributed by atoms with Crippen molar-refractivity contribution in [3.63, 3.8) is 0 Å². The minimum atomic E-state index is -3.35. The summed E-state index contributed by atoms with van der Waals surface area (Å²) >= 11 is 0. The van der Waals surface area contributed by atoms with Crippen molar-refractivity contribution in [2.45, 2.75) is 30.8 Å². The van der Waals surface area contributed by atoms with E-state index in [9.17, 15) is 8.42 Å². The standard InChI is InChI=1S/C19H22N2O2S/c1-15-5-4-8-19(11-15)24(22,23)21-13-18(14-21)20-10-9-16-6-2-3-7-17(16)12-20/h2-8,11,18H,9-10,12-14H2,1H3. The monoisotopic (exact) mass is 342 g/mol. The van der Waals surface area contributed by atoms with E-state index in [0.29, 0.717) is 24.0 Å². The van der Waals surface area contributed by atoms with Crippen molar-refractivity contribution in [1.82, 2.24) is 9.21 Å². The van der Waals surface area contributed by atoms with Gasteiger partial charge in [-0.25, -0.2) is 8.42 Å². The second-order valence-corrected chi connectivity index (χ2v) is 8.72. The maximum absolute atomic E-state index is 12.7. The molecule has 126 valence electrons. The first kappa shape index (κ1) is 15.8. The molecule has 2 aliphatic rings. The van der Waals surface area contributed by atoms with E-state index in [1.54, 1.807) is 22.5 Å². The number of sulfonamides is 1. The van der Waals surface area contributed by atoms with Gasteiger partial charge >= 0.3 is 0 Å². The van der Waals surface area contributed by atoms with Gasteiger partial charge in [-0.1, -0.05) is 36.4 Å². The SMILES string of the molecule is Cc1cccc(S(=O)(=O)N2CC(N3CCc4ccccc4C3)C2)c1. The van der Waals surface area contributed by atoms with E-state index in [1.807, 2.05) is 13.0 Å². The van der Waals surface area contributed by atoms with Gasteiger partial charge in [0.2, 0.25) is 10.0 Å². The molecule has 4 nitrogen and oxygen atoms in total. The van der Waals surface area contributed by atoms with Crippen molar-refractivity contribution in [2.24, 2.45) is 0 Å². The van der Waals surface area contributed by atoms with Gasteiger partial charge in [0.1, 0.15) is 0 Å². The zero-order chi connectivity index (χ0) is 16.7. The maximum Gasteiger partial charge on any atom is 0.243 e. The molecule has 0 atom stereocenters. The van der Waals surface area contributed by atoms with Gasteiger partial charge in [-0.05, 0) is 42.2 Å². The highest BCUT2D eigenvalue weighted by Gasteiger charge is 2.40. The van der Waals surface area contributed by atoms with Crippen molar-refractivity contribution in [3.05, 3.63) is 65.2 Å². The van der Waals surface area contributed by atoms with E-state index in [-0.39, 0.29) is 0 Å². The fraction of sp³-hybridized carbons (Fsp3) is 0.368. The Labute approximate surface area is 143 Å². The molecule has 1 saturated heterocycles. The molecular weight excluding hydrogens is 320 g/mol. The van der Waals surface area contributed by atoms with Gasteiger partial charge in [-0.3, -0.25) is 4.90 Å². The molecule has 0 N–H and O–H groups in total. The van der Waals surface area contributed by atoms with Crippen LogP contribution in [0.3, 0.4) is 0 Å². The fourth-order valence-electron chi connectivity index (χ4n) is 3.60. The third kappa shape index (κ3) is 2.77. The zero-order valence-electron chi connectivity index (χ0n) is 13.9. The van der Waals surface area contributed by atoms with Gasteiger partial charge in [-0.2, -0.15) is 4.31 Å². The van der Waals surface area contributed by atoms with Gasteiger partial charge in [0.25, 0.3) is 0 Å². The summed E-state index contributed by atoms with van der Waals surface area (Å²) in [7, 11) is -3.35. The molecule has 2 aliphatic heterocycles. The molecule has 24 heavy (non-hydrogen) atoms. The molecular formula is C19H22N2O2S. The first-order valence-corrected chi connectivity index (χ1v) is 9.86. The summed E-state index contributed by atoms with van der Waals surface area (Å²) in [6, 6.07) is 16.0. The van der Waals surface area contributed by atoms with E-state index in [0.717, 1.165) is 25.1 Å². The Morgan fingerprint density at radius 1 is 1.00 bits per heavy atom. The number of hydrogen-bond donors (Lipinski definition) is 0. The molecule has 0 aromatic heterocycles. The Morgan fingerprint density at radius 3 is 2.50 bits per heavy atom. The Kier molecular flexibility index (Phi) is 3.95. The van der Waals surface area contributed by atoms with Crippen LogP contribution in [0.2, 0.25) is 0 Å². The van der Waals surface area contributed by atoms with E-state index in [1.165, 1.54) is 11.1 Å². The molecule has 0 spiro atoms. The third-order valence-electron chi connectivity index (χ3n) is 5.13. The summed E-state index contributed by atoms with van der Waals surface area (Å²) in [5.41, 5.74) is 3.78. The first-order chi connectivity index (χ1) is 11.5. The Bertz CT molecular complexity index is 857. The van der Waals surface area contributed by atoms with Crippen molar-refractivity contribution >= 4 is 10.0 Å². The number of benzene rings is 2. The number of hydrogen-bond acceptors (Lipinski definition) is 3. The lowest BCUT2D eigenvalue weighted by atomic mass is 9.97. The fourth-order valence-corrected chi connectivity index (χ4v) is 5.22. The van der Waals surface area contributed by atoms with Gasteiger partial charge in [0, 0.05) is 32.2 Å². The van der Waals surface area contributed by atoms with Crippen LogP contribution in [0.1, 0.15) is 16.7 Å². The van der Waals surface area contributed by atoms with E-state index in [4.69, 9.17) is 0 Å². The molecule has 0 saturated carbocycles. The molecule has 0 unspecified atom stereocenters. The molecule has 1 fully saturated rings. The summed E-state index contributed by atoms with van der Waals surface area (Å²) in [4.78, 5) is 2.83. The highest BCUT2D eigenvalue weighted by molar-refractivity contribution is 7.89. The second-order valence-electron chi connectivity index (χ2n) is 6.78. The predicted molar refractivity (Wildman–Crippen MR) is 94.3 cm³/mol. The first-order valence-electron chi connectivity index (χ1n) is 8.42. The van der Waals surface area contributed by atoms with E-state index in [2.05, 4.69) is 29.2 Å². The molecule has 2 aromatic carbocycles. The molecule has 0 aliphatic carbocycles. The van der Waals surface area contributed by atoms with Crippen LogP contribution in [-0.4, -0.2) is 43.3 Å².